The van der Waals surface area contributed by atoms with E-state index in [0.29, 0.717) is 24.3 Å². The van der Waals surface area contributed by atoms with Crippen LogP contribution in [-0.4, -0.2) is 30.1 Å². The molecule has 0 aliphatic heterocycles. The number of carboxylic acids is 1. The Morgan fingerprint density at radius 2 is 2.15 bits per heavy atom. The lowest BCUT2D eigenvalue weighted by Crippen LogP contribution is -2.17. The van der Waals surface area contributed by atoms with Crippen LogP contribution in [0, 0.1) is 0 Å². The van der Waals surface area contributed by atoms with Crippen LogP contribution >= 0.6 is 0 Å². The molecule has 0 aliphatic rings. The monoisotopic (exact) mass is 280 g/mol. The van der Waals surface area contributed by atoms with Gasteiger partial charge in [0.25, 0.3) is 0 Å². The topological polar surface area (TPSA) is 102 Å². The number of nitrogens with one attached hydrogen (secondary N) is 1. The molecule has 1 atom stereocenters. The van der Waals surface area contributed by atoms with Crippen molar-refractivity contribution in [2.75, 3.05) is 12.4 Å². The van der Waals surface area contributed by atoms with E-state index < -0.39 is 5.97 Å². The largest absolute Gasteiger partial charge is 0.495 e. The number of hydrogen-bond acceptors (Lipinski definition) is 4. The SMILES string of the molecule is COc1ccc(C(=O)O)cc1NC(=O)CCCC(C)N. The minimum atomic E-state index is -1.06. The molecule has 0 saturated heterocycles. The van der Waals surface area contributed by atoms with E-state index in [1.165, 1.54) is 25.3 Å². The fraction of sp³-hybridized carbons (Fsp3) is 0.429. The van der Waals surface area contributed by atoms with E-state index >= 15 is 0 Å². The number of amides is 1. The molecule has 110 valence electrons. The van der Waals surface area contributed by atoms with Crippen molar-refractivity contribution >= 4 is 17.6 Å². The van der Waals surface area contributed by atoms with Crippen LogP contribution < -0.4 is 15.8 Å². The number of carbonyl (C=O) groups is 2. The Balaban J connectivity index is 2.71. The van der Waals surface area contributed by atoms with E-state index in [-0.39, 0.29) is 17.5 Å². The van der Waals surface area contributed by atoms with Crippen molar-refractivity contribution in [2.45, 2.75) is 32.2 Å². The van der Waals surface area contributed by atoms with E-state index in [1.54, 1.807) is 0 Å². The second kappa shape index (κ2) is 7.49. The van der Waals surface area contributed by atoms with Crippen molar-refractivity contribution in [2.24, 2.45) is 5.73 Å². The fourth-order valence-corrected chi connectivity index (χ4v) is 1.74. The van der Waals surface area contributed by atoms with Gasteiger partial charge in [-0.15, -0.1) is 0 Å². The number of benzene rings is 1. The molecule has 0 aromatic heterocycles. The molecule has 1 unspecified atom stereocenters. The summed E-state index contributed by atoms with van der Waals surface area (Å²) in [6.07, 6.45) is 1.78. The number of ether oxygens (including phenoxy) is 1. The Morgan fingerprint density at radius 3 is 2.70 bits per heavy atom. The molecule has 6 heteroatoms. The zero-order valence-electron chi connectivity index (χ0n) is 11.7. The van der Waals surface area contributed by atoms with Crippen LogP contribution in [-0.2, 0) is 4.79 Å². The highest BCUT2D eigenvalue weighted by atomic mass is 16.5. The zero-order chi connectivity index (χ0) is 15.1. The van der Waals surface area contributed by atoms with Crippen molar-refractivity contribution in [3.05, 3.63) is 23.8 Å². The van der Waals surface area contributed by atoms with E-state index in [1.807, 2.05) is 6.92 Å². The lowest BCUT2D eigenvalue weighted by molar-refractivity contribution is -0.116. The molecule has 20 heavy (non-hydrogen) atoms. The van der Waals surface area contributed by atoms with Crippen molar-refractivity contribution in [1.82, 2.24) is 0 Å². The van der Waals surface area contributed by atoms with Gasteiger partial charge in [0.2, 0.25) is 5.91 Å². The fourth-order valence-electron chi connectivity index (χ4n) is 1.74. The first kappa shape index (κ1) is 16.0. The summed E-state index contributed by atoms with van der Waals surface area (Å²) in [4.78, 5) is 22.7. The molecule has 1 amide bonds. The van der Waals surface area contributed by atoms with Crippen LogP contribution in [0.1, 0.15) is 36.5 Å². The molecule has 6 nitrogen and oxygen atoms in total. The summed E-state index contributed by atoms with van der Waals surface area (Å²) in [5.74, 6) is -0.817. The standard InChI is InChI=1S/C14H20N2O4/c1-9(15)4-3-5-13(17)16-11-8-10(14(18)19)6-7-12(11)20-2/h6-9H,3-5,15H2,1-2H3,(H,16,17)(H,18,19). The van der Waals surface area contributed by atoms with Crippen molar-refractivity contribution in [1.29, 1.82) is 0 Å². The number of carboxylic acid groups (broad SMARTS) is 1. The van der Waals surface area contributed by atoms with Crippen LogP contribution in [0.15, 0.2) is 18.2 Å². The highest BCUT2D eigenvalue weighted by Crippen LogP contribution is 2.25. The van der Waals surface area contributed by atoms with Crippen LogP contribution in [0.2, 0.25) is 0 Å². The molecule has 0 bridgehead atoms. The number of rotatable bonds is 7. The Labute approximate surface area is 117 Å². The summed E-state index contributed by atoms with van der Waals surface area (Å²) >= 11 is 0. The Morgan fingerprint density at radius 1 is 1.45 bits per heavy atom. The first-order valence-corrected chi connectivity index (χ1v) is 6.40. The van der Waals surface area contributed by atoms with Gasteiger partial charge in [0.05, 0.1) is 18.4 Å². The molecule has 0 radical (unpaired) electrons. The highest BCUT2D eigenvalue weighted by Gasteiger charge is 2.11. The highest BCUT2D eigenvalue weighted by molar-refractivity contribution is 5.95. The Hall–Kier alpha value is -2.08. The Kier molecular flexibility index (Phi) is 5.99. The molecule has 1 rings (SSSR count). The third-order valence-corrected chi connectivity index (χ3v) is 2.78. The van der Waals surface area contributed by atoms with Gasteiger partial charge < -0.3 is 20.9 Å². The number of aromatic carboxylic acids is 1. The normalized spacial score (nSPS) is 11.8. The minimum absolute atomic E-state index is 0.0627. The number of hydrogen-bond donors (Lipinski definition) is 3. The maximum Gasteiger partial charge on any atom is 0.335 e. The van der Waals surface area contributed by atoms with E-state index in [4.69, 9.17) is 15.6 Å². The average molecular weight is 280 g/mol. The van der Waals surface area contributed by atoms with Gasteiger partial charge in [-0.05, 0) is 38.0 Å². The molecular weight excluding hydrogens is 260 g/mol. The van der Waals surface area contributed by atoms with E-state index in [0.717, 1.165) is 6.42 Å². The number of methoxy groups -OCH3 is 1. The lowest BCUT2D eigenvalue weighted by atomic mass is 10.1. The maximum atomic E-state index is 11.8. The molecule has 1 aromatic carbocycles. The van der Waals surface area contributed by atoms with Gasteiger partial charge in [0, 0.05) is 12.5 Å². The molecule has 0 heterocycles. The van der Waals surface area contributed by atoms with Gasteiger partial charge in [-0.2, -0.15) is 0 Å². The van der Waals surface area contributed by atoms with Crippen molar-refractivity contribution in [3.8, 4) is 5.75 Å². The van der Waals surface area contributed by atoms with Gasteiger partial charge in [-0.3, -0.25) is 4.79 Å². The van der Waals surface area contributed by atoms with Gasteiger partial charge in [-0.25, -0.2) is 4.79 Å². The van der Waals surface area contributed by atoms with Crippen molar-refractivity contribution < 1.29 is 19.4 Å². The van der Waals surface area contributed by atoms with Crippen LogP contribution in [0.4, 0.5) is 5.69 Å². The zero-order valence-corrected chi connectivity index (χ0v) is 11.7. The third kappa shape index (κ3) is 4.89. The second-order valence-corrected chi connectivity index (χ2v) is 4.64. The van der Waals surface area contributed by atoms with Crippen LogP contribution in [0.3, 0.4) is 0 Å². The average Bonchev–Trinajstić information content (AvgIpc) is 2.38. The maximum absolute atomic E-state index is 11.8. The Bertz CT molecular complexity index is 486. The van der Waals surface area contributed by atoms with Gasteiger partial charge in [-0.1, -0.05) is 0 Å². The molecule has 4 N–H and O–H groups in total. The number of anilines is 1. The second-order valence-electron chi connectivity index (χ2n) is 4.64. The van der Waals surface area contributed by atoms with Gasteiger partial charge in [0.1, 0.15) is 5.75 Å². The summed E-state index contributed by atoms with van der Waals surface area (Å²) in [6.45, 7) is 1.89. The van der Waals surface area contributed by atoms with Crippen molar-refractivity contribution in [3.63, 3.8) is 0 Å². The molecule has 0 saturated carbocycles. The first-order chi connectivity index (χ1) is 9.43. The predicted octanol–water partition coefficient (Wildman–Crippen LogP) is 1.85. The van der Waals surface area contributed by atoms with Gasteiger partial charge in [0.15, 0.2) is 0 Å². The summed E-state index contributed by atoms with van der Waals surface area (Å²) in [6, 6.07) is 4.38. The molecule has 0 spiro atoms. The van der Waals surface area contributed by atoms with Gasteiger partial charge >= 0.3 is 5.97 Å². The smallest absolute Gasteiger partial charge is 0.335 e. The summed E-state index contributed by atoms with van der Waals surface area (Å²) in [5, 5.41) is 11.6. The van der Waals surface area contributed by atoms with Crippen LogP contribution in [0.5, 0.6) is 5.75 Å². The van der Waals surface area contributed by atoms with E-state index in [2.05, 4.69) is 5.32 Å². The molecule has 0 fully saturated rings. The quantitative estimate of drug-likeness (QED) is 0.707. The third-order valence-electron chi connectivity index (χ3n) is 2.78. The molecular formula is C14H20N2O4. The lowest BCUT2D eigenvalue weighted by Gasteiger charge is -2.11. The number of nitrogens with two attached hydrogens (primary N) is 1. The van der Waals surface area contributed by atoms with E-state index in [9.17, 15) is 9.59 Å². The number of carbonyl (C=O) groups excluding carboxylic acids is 1. The predicted molar refractivity (Wildman–Crippen MR) is 76.1 cm³/mol. The molecule has 1 aromatic rings. The summed E-state index contributed by atoms with van der Waals surface area (Å²) < 4.78 is 5.10. The summed E-state index contributed by atoms with van der Waals surface area (Å²) in [7, 11) is 1.46. The first-order valence-electron chi connectivity index (χ1n) is 6.40. The minimum Gasteiger partial charge on any atom is -0.495 e. The molecule has 0 aliphatic carbocycles. The van der Waals surface area contributed by atoms with Crippen LogP contribution in [0.25, 0.3) is 0 Å². The summed E-state index contributed by atoms with van der Waals surface area (Å²) in [5.41, 5.74) is 6.07.